The Kier molecular flexibility index (Phi) is 14.0. The van der Waals surface area contributed by atoms with Crippen molar-refractivity contribution in [3.8, 4) is 0 Å². The van der Waals surface area contributed by atoms with Crippen LogP contribution in [0.2, 0.25) is 0 Å². The fourth-order valence-corrected chi connectivity index (χ4v) is 5.81. The average molecular weight is 805 g/mol. The minimum atomic E-state index is -5.95. The number of carboxylic acid groups (broad SMARTS) is 1. The molecule has 0 aromatic heterocycles. The maximum Gasteiger partial charge on any atom is 0.399 e. The van der Waals surface area contributed by atoms with Gasteiger partial charge in [0.05, 0.1) is 0 Å². The molecule has 292 valence electrons. The largest absolute Gasteiger partial charge is 0.481 e. The Labute approximate surface area is 303 Å². The number of carbonyl (C=O) groups is 5. The number of aliphatic carboxylic acids is 1. The molecule has 4 amide bonds. The van der Waals surface area contributed by atoms with Gasteiger partial charge in [-0.3, -0.25) is 33.1 Å². The van der Waals surface area contributed by atoms with Gasteiger partial charge in [-0.05, 0) is 29.7 Å². The van der Waals surface area contributed by atoms with E-state index in [9.17, 15) is 55.8 Å². The van der Waals surface area contributed by atoms with Crippen molar-refractivity contribution in [1.82, 2.24) is 16.0 Å². The number of carboxylic acids is 1. The van der Waals surface area contributed by atoms with Crippen LogP contribution in [0.4, 0.5) is 17.6 Å². The molecular formula is C32H34F4N4O12P2. The Morgan fingerprint density at radius 2 is 1.04 bits per heavy atom. The number of benzene rings is 3. The van der Waals surface area contributed by atoms with E-state index in [4.69, 9.17) is 25.3 Å². The first kappa shape index (κ1) is 43.4. The van der Waals surface area contributed by atoms with E-state index in [-0.39, 0.29) is 16.7 Å². The van der Waals surface area contributed by atoms with Crippen molar-refractivity contribution in [3.63, 3.8) is 0 Å². The van der Waals surface area contributed by atoms with Crippen LogP contribution in [0, 0.1) is 0 Å². The van der Waals surface area contributed by atoms with E-state index in [1.54, 1.807) is 6.07 Å². The lowest BCUT2D eigenvalue weighted by Gasteiger charge is -2.25. The zero-order valence-corrected chi connectivity index (χ0v) is 29.4. The molecule has 3 atom stereocenters. The van der Waals surface area contributed by atoms with E-state index in [1.165, 1.54) is 24.3 Å². The quantitative estimate of drug-likeness (QED) is 0.0660. The molecule has 54 heavy (non-hydrogen) atoms. The summed E-state index contributed by atoms with van der Waals surface area (Å²) in [5.41, 5.74) is -5.61. The lowest BCUT2D eigenvalue weighted by atomic mass is 10.0. The van der Waals surface area contributed by atoms with Crippen molar-refractivity contribution in [1.29, 1.82) is 0 Å². The van der Waals surface area contributed by atoms with Crippen LogP contribution in [0.1, 0.15) is 45.5 Å². The van der Waals surface area contributed by atoms with Gasteiger partial charge < -0.3 is 46.4 Å². The molecule has 3 aromatic rings. The number of hydrogen-bond donors (Lipinski definition) is 9. The molecule has 0 aliphatic carbocycles. The molecule has 3 aromatic carbocycles. The molecular weight excluding hydrogens is 770 g/mol. The SMILES string of the molecule is NC(=O)C(Cc1ccc(C(F)(F)P(=O)(O)O)cc1)NC(=O)C(Cc1ccc(C(F)(F)P(=O)(O)O)cc1)NC(=O)C(CCC(=O)O)NC(=O)c1ccccc1. The van der Waals surface area contributed by atoms with E-state index in [2.05, 4.69) is 16.0 Å². The number of amides is 4. The lowest BCUT2D eigenvalue weighted by Crippen LogP contribution is -2.57. The molecule has 0 saturated heterocycles. The average Bonchev–Trinajstić information content (AvgIpc) is 3.09. The van der Waals surface area contributed by atoms with E-state index < -0.39 is 111 Å². The van der Waals surface area contributed by atoms with Gasteiger partial charge in [-0.25, -0.2) is 0 Å². The lowest BCUT2D eigenvalue weighted by molar-refractivity contribution is -0.137. The molecule has 0 spiro atoms. The van der Waals surface area contributed by atoms with Crippen LogP contribution < -0.4 is 21.7 Å². The molecule has 3 rings (SSSR count). The number of carbonyl (C=O) groups excluding carboxylic acids is 4. The third kappa shape index (κ3) is 11.3. The van der Waals surface area contributed by atoms with Gasteiger partial charge in [0.15, 0.2) is 0 Å². The first-order valence-corrected chi connectivity index (χ1v) is 18.7. The monoisotopic (exact) mass is 804 g/mol. The Balaban J connectivity index is 1.93. The maximum absolute atomic E-state index is 14.3. The summed E-state index contributed by atoms with van der Waals surface area (Å²) in [5, 5.41) is 16.2. The Morgan fingerprint density at radius 3 is 1.44 bits per heavy atom. The first-order chi connectivity index (χ1) is 24.9. The zero-order valence-electron chi connectivity index (χ0n) is 27.6. The van der Waals surface area contributed by atoms with Crippen LogP contribution in [-0.2, 0) is 52.5 Å². The summed E-state index contributed by atoms with van der Waals surface area (Å²) in [7, 11) is -11.8. The highest BCUT2D eigenvalue weighted by molar-refractivity contribution is 7.52. The van der Waals surface area contributed by atoms with Gasteiger partial charge in [0, 0.05) is 36.0 Å². The Bertz CT molecular complexity index is 1940. The van der Waals surface area contributed by atoms with E-state index in [0.29, 0.717) is 24.3 Å². The van der Waals surface area contributed by atoms with Crippen LogP contribution in [0.3, 0.4) is 0 Å². The van der Waals surface area contributed by atoms with Crippen LogP contribution in [0.15, 0.2) is 78.9 Å². The predicted molar refractivity (Wildman–Crippen MR) is 180 cm³/mol. The molecule has 0 aliphatic rings. The highest BCUT2D eigenvalue weighted by Crippen LogP contribution is 2.60. The maximum atomic E-state index is 14.3. The number of nitrogens with two attached hydrogens (primary N) is 1. The van der Waals surface area contributed by atoms with Crippen molar-refractivity contribution in [2.24, 2.45) is 5.73 Å². The van der Waals surface area contributed by atoms with Crippen molar-refractivity contribution >= 4 is 44.8 Å². The first-order valence-electron chi connectivity index (χ1n) is 15.5. The van der Waals surface area contributed by atoms with Crippen molar-refractivity contribution in [3.05, 3.63) is 107 Å². The van der Waals surface area contributed by atoms with Gasteiger partial charge in [-0.1, -0.05) is 66.7 Å². The second kappa shape index (κ2) is 17.4. The summed E-state index contributed by atoms with van der Waals surface area (Å²) in [6.07, 6.45) is -2.11. The zero-order chi connectivity index (χ0) is 40.6. The number of hydrogen-bond acceptors (Lipinski definition) is 7. The second-order valence-electron chi connectivity index (χ2n) is 11.8. The van der Waals surface area contributed by atoms with E-state index >= 15 is 0 Å². The fourth-order valence-electron chi connectivity index (χ4n) is 4.83. The van der Waals surface area contributed by atoms with Crippen LogP contribution >= 0.6 is 15.2 Å². The van der Waals surface area contributed by atoms with Gasteiger partial charge >= 0.3 is 32.5 Å². The molecule has 0 radical (unpaired) electrons. The summed E-state index contributed by atoms with van der Waals surface area (Å²) in [6, 6.07) is 9.11. The smallest absolute Gasteiger partial charge is 0.399 e. The summed E-state index contributed by atoms with van der Waals surface area (Å²) in [5.74, 6) is -5.54. The van der Waals surface area contributed by atoms with Gasteiger partial charge in [-0.2, -0.15) is 17.6 Å². The highest BCUT2D eigenvalue weighted by Gasteiger charge is 2.51. The fraction of sp³-hybridized carbons (Fsp3) is 0.281. The van der Waals surface area contributed by atoms with Crippen LogP contribution in [0.5, 0.6) is 0 Å². The molecule has 0 heterocycles. The van der Waals surface area contributed by atoms with E-state index in [1.807, 2.05) is 0 Å². The number of alkyl halides is 4. The Hall–Kier alpha value is -4.97. The predicted octanol–water partition coefficient (Wildman–Crippen LogP) is 2.04. The summed E-state index contributed by atoms with van der Waals surface area (Å²) < 4.78 is 79.3. The molecule has 10 N–H and O–H groups in total. The third-order valence-corrected chi connectivity index (χ3v) is 9.79. The number of nitrogens with one attached hydrogen (secondary N) is 3. The number of rotatable bonds is 18. The van der Waals surface area contributed by atoms with Crippen molar-refractivity contribution < 1.29 is 75.3 Å². The summed E-state index contributed by atoms with van der Waals surface area (Å²) in [6.45, 7) is 0. The summed E-state index contributed by atoms with van der Waals surface area (Å²) in [4.78, 5) is 99.8. The molecule has 16 nitrogen and oxygen atoms in total. The molecule has 0 fully saturated rings. The number of halogens is 4. The minimum absolute atomic E-state index is 0.0216. The van der Waals surface area contributed by atoms with Gasteiger partial charge in [-0.15, -0.1) is 0 Å². The number of primary amides is 1. The van der Waals surface area contributed by atoms with Gasteiger partial charge in [0.2, 0.25) is 17.7 Å². The molecule has 0 aliphatic heterocycles. The minimum Gasteiger partial charge on any atom is -0.481 e. The highest BCUT2D eigenvalue weighted by atomic mass is 31.2. The van der Waals surface area contributed by atoms with Crippen LogP contribution in [-0.4, -0.2) is 72.4 Å². The summed E-state index contributed by atoms with van der Waals surface area (Å²) >= 11 is 0. The normalized spacial score (nSPS) is 13.9. The standard InChI is InChI=1S/C32H34F4N4O12P2/c33-31(34,53(47,48)49)21-10-6-18(7-11-21)16-24(27(37)43)39-30(46)25(17-19-8-12-22(13-9-19)32(35,36)54(50,51)52)40-29(45)23(14-15-26(41)42)38-28(44)20-4-2-1-3-5-20/h1-13,23-25H,14-17H2,(H2,37,43)(H,38,44)(H,39,46)(H,40,45)(H,41,42)(H2,47,48,49)(H2,50,51,52). The van der Waals surface area contributed by atoms with Crippen LogP contribution in [0.25, 0.3) is 0 Å². The molecule has 3 unspecified atom stereocenters. The van der Waals surface area contributed by atoms with Gasteiger partial charge in [0.25, 0.3) is 5.91 Å². The Morgan fingerprint density at radius 1 is 0.630 bits per heavy atom. The van der Waals surface area contributed by atoms with Crippen molar-refractivity contribution in [2.45, 2.75) is 55.1 Å². The molecule has 22 heteroatoms. The molecule has 0 saturated carbocycles. The molecule has 0 bridgehead atoms. The third-order valence-electron chi connectivity index (χ3n) is 7.81. The van der Waals surface area contributed by atoms with Gasteiger partial charge in [0.1, 0.15) is 18.1 Å². The topological polar surface area (TPSA) is 283 Å². The van der Waals surface area contributed by atoms with Crippen molar-refractivity contribution in [2.75, 3.05) is 0 Å². The van der Waals surface area contributed by atoms with E-state index in [0.717, 1.165) is 24.3 Å². The second-order valence-corrected chi connectivity index (χ2v) is 15.1.